The van der Waals surface area contributed by atoms with E-state index in [4.69, 9.17) is 0 Å². The highest BCUT2D eigenvalue weighted by Gasteiger charge is 2.60. The quantitative estimate of drug-likeness (QED) is 0.287. The normalized spacial score (nSPS) is 45.9. The van der Waals surface area contributed by atoms with Gasteiger partial charge in [-0.2, -0.15) is 0 Å². The van der Waals surface area contributed by atoms with Gasteiger partial charge in [-0.3, -0.25) is 30.4 Å². The summed E-state index contributed by atoms with van der Waals surface area (Å²) in [6.07, 6.45) is 0.331. The number of halogens is 2. The molecule has 4 amide bonds. The molecule has 2 bridgehead atoms. The van der Waals surface area contributed by atoms with Gasteiger partial charge in [-0.05, 0) is 44.1 Å². The molecule has 13 atom stereocenters. The Labute approximate surface area is 262 Å². The standard InChI is InChI=1S/C30H46F2N8O3S/c1-4-22(42)38-8-9-39(20-11-19(20)38)27-15-10-17(32)25-23-16(31)6-5-7-18(23)35-21(41)12-44-29-26(24(14(2)3)33-13-34-29)40(28(15)36-25)30(43)37-27/h4,14-20,23-29,33-34,36H,1,5-13H2,2-3H3,(H,35,41)(H,37,43)/t15?,16?,17?,18?,19-,20+,23?,24?,25?,26?,27?,28?,29?/m1/s1. The highest BCUT2D eigenvalue weighted by atomic mass is 32.2. The van der Waals surface area contributed by atoms with Crippen LogP contribution in [0.25, 0.3) is 0 Å². The summed E-state index contributed by atoms with van der Waals surface area (Å²) in [4.78, 5) is 46.0. The molecule has 0 aromatic heterocycles. The number of piperidine rings is 1. The van der Waals surface area contributed by atoms with Crippen LogP contribution in [0.5, 0.6) is 0 Å². The van der Waals surface area contributed by atoms with Crippen molar-refractivity contribution >= 4 is 29.6 Å². The Balaban J connectivity index is 1.26. The fourth-order valence-electron chi connectivity index (χ4n) is 9.18. The van der Waals surface area contributed by atoms with Gasteiger partial charge in [-0.15, -0.1) is 11.8 Å². The first-order chi connectivity index (χ1) is 21.2. The first-order valence-electron chi connectivity index (χ1n) is 16.4. The van der Waals surface area contributed by atoms with Crippen molar-refractivity contribution in [2.24, 2.45) is 17.8 Å². The van der Waals surface area contributed by atoms with Crippen molar-refractivity contribution in [2.75, 3.05) is 25.5 Å². The van der Waals surface area contributed by atoms with E-state index in [0.29, 0.717) is 39.0 Å². The zero-order chi connectivity index (χ0) is 30.9. The van der Waals surface area contributed by atoms with E-state index in [0.717, 1.165) is 6.42 Å². The number of rotatable bonds is 3. The minimum absolute atomic E-state index is 0.0581. The molecule has 7 aliphatic rings. The Morgan fingerprint density at radius 1 is 1.05 bits per heavy atom. The number of piperazine rings is 1. The number of hydrogen-bond donors (Lipinski definition) is 5. The van der Waals surface area contributed by atoms with Crippen LogP contribution in [0, 0.1) is 17.8 Å². The summed E-state index contributed by atoms with van der Waals surface area (Å²) in [5, 5.41) is 16.7. The minimum atomic E-state index is -1.35. The molecule has 0 aromatic carbocycles. The van der Waals surface area contributed by atoms with Gasteiger partial charge in [0, 0.05) is 61.8 Å². The van der Waals surface area contributed by atoms with Crippen molar-refractivity contribution in [2.45, 2.75) is 112 Å². The van der Waals surface area contributed by atoms with Gasteiger partial charge in [0.1, 0.15) is 12.3 Å². The lowest BCUT2D eigenvalue weighted by atomic mass is 9.72. The van der Waals surface area contributed by atoms with Crippen molar-refractivity contribution in [1.82, 2.24) is 41.3 Å². The van der Waals surface area contributed by atoms with Gasteiger partial charge >= 0.3 is 6.03 Å². The maximum atomic E-state index is 16.5. The van der Waals surface area contributed by atoms with E-state index in [1.165, 1.54) is 17.8 Å². The van der Waals surface area contributed by atoms with Gasteiger partial charge in [0.05, 0.1) is 29.5 Å². The number of fused-ring (bicyclic) bond motifs is 6. The molecular weight excluding hydrogens is 590 g/mol. The highest BCUT2D eigenvalue weighted by Crippen LogP contribution is 2.45. The van der Waals surface area contributed by atoms with E-state index in [9.17, 15) is 14.4 Å². The average molecular weight is 637 g/mol. The molecule has 0 aromatic rings. The molecule has 7 fully saturated rings. The molecule has 5 saturated heterocycles. The molecule has 0 spiro atoms. The SMILES string of the molecule is C=CC(=O)N1CCN(C2NC(=O)N3C4NC(C(F)CC42)C2C(F)CCCC2NC(=O)CSC2NCNC(C(C)C)C23)[C@H]2C[C@H]21. The topological polar surface area (TPSA) is 121 Å². The number of nitrogens with one attached hydrogen (secondary N) is 5. The van der Waals surface area contributed by atoms with E-state index in [1.807, 2.05) is 9.80 Å². The van der Waals surface area contributed by atoms with Crippen LogP contribution in [0.2, 0.25) is 0 Å². The lowest BCUT2D eigenvalue weighted by Gasteiger charge is -2.59. The number of hydrogen-bond acceptors (Lipinski definition) is 8. The van der Waals surface area contributed by atoms with Gasteiger partial charge in [0.25, 0.3) is 0 Å². The van der Waals surface area contributed by atoms with Crippen LogP contribution in [-0.4, -0.2) is 124 Å². The molecule has 244 valence electrons. The summed E-state index contributed by atoms with van der Waals surface area (Å²) in [6.45, 7) is 9.50. The Bertz CT molecular complexity index is 1170. The number of thioether (sulfide) groups is 1. The van der Waals surface area contributed by atoms with Gasteiger partial charge in [-0.1, -0.05) is 20.4 Å². The molecule has 7 rings (SSSR count). The van der Waals surface area contributed by atoms with Crippen molar-refractivity contribution in [3.05, 3.63) is 12.7 Å². The van der Waals surface area contributed by atoms with Gasteiger partial charge < -0.3 is 20.4 Å². The number of nitrogens with zero attached hydrogens (tertiary/aromatic N) is 3. The third-order valence-corrected chi connectivity index (χ3v) is 12.5. The largest absolute Gasteiger partial charge is 0.352 e. The van der Waals surface area contributed by atoms with E-state index in [-0.39, 0.29) is 71.4 Å². The Hall–Kier alpha value is -2.00. The second-order valence-electron chi connectivity index (χ2n) is 14.0. The minimum Gasteiger partial charge on any atom is -0.352 e. The molecule has 14 heteroatoms. The number of urea groups is 1. The zero-order valence-corrected chi connectivity index (χ0v) is 26.3. The predicted molar refractivity (Wildman–Crippen MR) is 163 cm³/mol. The number of amides is 4. The highest BCUT2D eigenvalue weighted by molar-refractivity contribution is 8.00. The molecule has 5 N–H and O–H groups in total. The van der Waals surface area contributed by atoms with Crippen molar-refractivity contribution in [3.63, 3.8) is 0 Å². The van der Waals surface area contributed by atoms with E-state index < -0.39 is 42.7 Å². The lowest BCUT2D eigenvalue weighted by molar-refractivity contribution is -0.130. The molecule has 0 radical (unpaired) electrons. The summed E-state index contributed by atoms with van der Waals surface area (Å²) in [6, 6.07) is -1.84. The van der Waals surface area contributed by atoms with Gasteiger partial charge in [0.15, 0.2) is 0 Å². The lowest BCUT2D eigenvalue weighted by Crippen LogP contribution is -2.81. The maximum Gasteiger partial charge on any atom is 0.320 e. The Morgan fingerprint density at radius 3 is 2.64 bits per heavy atom. The van der Waals surface area contributed by atoms with Crippen LogP contribution in [0.4, 0.5) is 13.6 Å². The van der Waals surface area contributed by atoms with Crippen LogP contribution in [0.15, 0.2) is 12.7 Å². The van der Waals surface area contributed by atoms with Crippen LogP contribution < -0.4 is 26.6 Å². The van der Waals surface area contributed by atoms with Crippen molar-refractivity contribution in [1.29, 1.82) is 0 Å². The molecule has 2 saturated carbocycles. The molecular formula is C30H46F2N8O3S. The van der Waals surface area contributed by atoms with E-state index >= 15 is 8.78 Å². The van der Waals surface area contributed by atoms with E-state index in [2.05, 4.69) is 51.9 Å². The second-order valence-corrected chi connectivity index (χ2v) is 15.1. The third-order valence-electron chi connectivity index (χ3n) is 11.2. The maximum absolute atomic E-state index is 16.5. The molecule has 11 unspecified atom stereocenters. The van der Waals surface area contributed by atoms with Gasteiger partial charge in [-0.25, -0.2) is 13.6 Å². The summed E-state index contributed by atoms with van der Waals surface area (Å²) in [7, 11) is 0. The first kappa shape index (κ1) is 30.6. The second kappa shape index (κ2) is 12.0. The van der Waals surface area contributed by atoms with Crippen molar-refractivity contribution < 1.29 is 23.2 Å². The molecule has 2 aliphatic carbocycles. The summed E-state index contributed by atoms with van der Waals surface area (Å²) in [5.41, 5.74) is 0. The summed E-state index contributed by atoms with van der Waals surface area (Å²) < 4.78 is 32.3. The Morgan fingerprint density at radius 2 is 1.86 bits per heavy atom. The van der Waals surface area contributed by atoms with Crippen molar-refractivity contribution in [3.8, 4) is 0 Å². The van der Waals surface area contributed by atoms with Crippen LogP contribution in [0.1, 0.15) is 46.0 Å². The van der Waals surface area contributed by atoms with Crippen LogP contribution in [0.3, 0.4) is 0 Å². The van der Waals surface area contributed by atoms with Gasteiger partial charge in [0.2, 0.25) is 11.8 Å². The average Bonchev–Trinajstić information content (AvgIpc) is 3.80. The molecule has 5 heterocycles. The van der Waals surface area contributed by atoms with E-state index in [1.54, 1.807) is 0 Å². The van der Waals surface area contributed by atoms with Crippen LogP contribution >= 0.6 is 11.8 Å². The summed E-state index contributed by atoms with van der Waals surface area (Å²) in [5.74, 6) is -0.962. The van der Waals surface area contributed by atoms with Crippen LogP contribution in [-0.2, 0) is 9.59 Å². The summed E-state index contributed by atoms with van der Waals surface area (Å²) >= 11 is 1.47. The number of alkyl halides is 2. The fourth-order valence-corrected chi connectivity index (χ4v) is 10.3. The zero-order valence-electron chi connectivity index (χ0n) is 25.5. The molecule has 44 heavy (non-hydrogen) atoms. The first-order valence-corrected chi connectivity index (χ1v) is 17.4. The Kier molecular flexibility index (Phi) is 8.34. The third kappa shape index (κ3) is 5.22. The molecule has 11 nitrogen and oxygen atoms in total. The smallest absolute Gasteiger partial charge is 0.320 e. The monoisotopic (exact) mass is 636 g/mol. The fraction of sp³-hybridized carbons (Fsp3) is 0.833. The number of carbonyl (C=O) groups excluding carboxylic acids is 3. The predicted octanol–water partition coefficient (Wildman–Crippen LogP) is 0.691. The number of carbonyl (C=O) groups is 3. The molecule has 5 aliphatic heterocycles.